The predicted molar refractivity (Wildman–Crippen MR) is 79.2 cm³/mol. The standard InChI is InChI=1S/C16H22N2O2/c1-10(2)13-7-6-11(3)8-15(13)20-16-14(9-19)12(4)17-18(16)5/h6-8,10,19H,9H2,1-5H3. The molecule has 0 aliphatic rings. The number of hydrogen-bond acceptors (Lipinski definition) is 3. The Kier molecular flexibility index (Phi) is 4.14. The molecule has 4 nitrogen and oxygen atoms in total. The fourth-order valence-corrected chi connectivity index (χ4v) is 2.30. The SMILES string of the molecule is Cc1ccc(C(C)C)c(Oc2c(CO)c(C)nn2C)c1. The number of benzene rings is 1. The van der Waals surface area contributed by atoms with E-state index in [0.717, 1.165) is 28.1 Å². The lowest BCUT2D eigenvalue weighted by atomic mass is 10.0. The second-order valence-corrected chi connectivity index (χ2v) is 5.45. The van der Waals surface area contributed by atoms with Crippen LogP contribution < -0.4 is 4.74 Å². The molecule has 2 rings (SSSR count). The monoisotopic (exact) mass is 274 g/mol. The van der Waals surface area contributed by atoms with Crippen LogP contribution >= 0.6 is 0 Å². The van der Waals surface area contributed by atoms with Crippen molar-refractivity contribution in [2.24, 2.45) is 7.05 Å². The Hall–Kier alpha value is -1.81. The summed E-state index contributed by atoms with van der Waals surface area (Å²) >= 11 is 0. The molecule has 0 amide bonds. The topological polar surface area (TPSA) is 47.3 Å². The molecule has 0 aliphatic heterocycles. The summed E-state index contributed by atoms with van der Waals surface area (Å²) in [4.78, 5) is 0. The second-order valence-electron chi connectivity index (χ2n) is 5.45. The average molecular weight is 274 g/mol. The van der Waals surface area contributed by atoms with Gasteiger partial charge in [-0.15, -0.1) is 0 Å². The fourth-order valence-electron chi connectivity index (χ4n) is 2.30. The van der Waals surface area contributed by atoms with Crippen LogP contribution in [0.25, 0.3) is 0 Å². The largest absolute Gasteiger partial charge is 0.439 e. The number of aryl methyl sites for hydroxylation is 3. The van der Waals surface area contributed by atoms with Crippen molar-refractivity contribution in [2.75, 3.05) is 0 Å². The fraction of sp³-hybridized carbons (Fsp3) is 0.438. The van der Waals surface area contributed by atoms with Crippen LogP contribution in [-0.2, 0) is 13.7 Å². The molecular formula is C16H22N2O2. The van der Waals surface area contributed by atoms with Gasteiger partial charge >= 0.3 is 0 Å². The molecule has 2 aromatic rings. The smallest absolute Gasteiger partial charge is 0.223 e. The molecule has 0 saturated carbocycles. The third-order valence-electron chi connectivity index (χ3n) is 3.44. The Labute approximate surface area is 120 Å². The molecule has 0 unspecified atom stereocenters. The van der Waals surface area contributed by atoms with Gasteiger partial charge in [0.15, 0.2) is 0 Å². The summed E-state index contributed by atoms with van der Waals surface area (Å²) in [7, 11) is 1.83. The first-order valence-corrected chi connectivity index (χ1v) is 6.85. The van der Waals surface area contributed by atoms with E-state index in [-0.39, 0.29) is 6.61 Å². The van der Waals surface area contributed by atoms with E-state index in [9.17, 15) is 5.11 Å². The molecule has 0 atom stereocenters. The van der Waals surface area contributed by atoms with Crippen LogP contribution in [0.2, 0.25) is 0 Å². The molecule has 108 valence electrons. The van der Waals surface area contributed by atoms with Crippen molar-refractivity contribution in [3.8, 4) is 11.6 Å². The van der Waals surface area contributed by atoms with E-state index < -0.39 is 0 Å². The van der Waals surface area contributed by atoms with Gasteiger partial charge in [0.25, 0.3) is 0 Å². The van der Waals surface area contributed by atoms with Crippen molar-refractivity contribution in [3.63, 3.8) is 0 Å². The first-order chi connectivity index (χ1) is 9.43. The molecule has 1 heterocycles. The summed E-state index contributed by atoms with van der Waals surface area (Å²) in [6.07, 6.45) is 0. The van der Waals surface area contributed by atoms with Crippen molar-refractivity contribution < 1.29 is 9.84 Å². The molecule has 0 spiro atoms. The quantitative estimate of drug-likeness (QED) is 0.929. The number of aromatic nitrogens is 2. The van der Waals surface area contributed by atoms with Gasteiger partial charge < -0.3 is 9.84 Å². The highest BCUT2D eigenvalue weighted by atomic mass is 16.5. The first-order valence-electron chi connectivity index (χ1n) is 6.85. The van der Waals surface area contributed by atoms with Gasteiger partial charge in [0.1, 0.15) is 5.75 Å². The lowest BCUT2D eigenvalue weighted by Gasteiger charge is -2.15. The Bertz CT molecular complexity index is 615. The van der Waals surface area contributed by atoms with Crippen molar-refractivity contribution in [1.82, 2.24) is 9.78 Å². The number of nitrogens with zero attached hydrogens (tertiary/aromatic N) is 2. The minimum Gasteiger partial charge on any atom is -0.439 e. The van der Waals surface area contributed by atoms with Gasteiger partial charge in [0.2, 0.25) is 5.88 Å². The molecule has 1 aromatic heterocycles. The Morgan fingerprint density at radius 2 is 2.00 bits per heavy atom. The van der Waals surface area contributed by atoms with E-state index in [1.807, 2.05) is 27.0 Å². The zero-order valence-corrected chi connectivity index (χ0v) is 12.8. The average Bonchev–Trinajstić information content (AvgIpc) is 2.63. The number of ether oxygens (including phenoxy) is 1. The molecule has 0 fully saturated rings. The highest BCUT2D eigenvalue weighted by Crippen LogP contribution is 2.33. The zero-order chi connectivity index (χ0) is 14.9. The molecule has 0 aliphatic carbocycles. The molecule has 0 saturated heterocycles. The highest BCUT2D eigenvalue weighted by Gasteiger charge is 2.17. The van der Waals surface area contributed by atoms with Crippen LogP contribution in [0.15, 0.2) is 18.2 Å². The first kappa shape index (κ1) is 14.6. The van der Waals surface area contributed by atoms with Gasteiger partial charge in [-0.25, -0.2) is 4.68 Å². The van der Waals surface area contributed by atoms with Crippen LogP contribution in [0.4, 0.5) is 0 Å². The number of rotatable bonds is 4. The van der Waals surface area contributed by atoms with Crippen LogP contribution in [0.5, 0.6) is 11.6 Å². The van der Waals surface area contributed by atoms with Gasteiger partial charge in [-0.1, -0.05) is 26.0 Å². The molecule has 0 bridgehead atoms. The lowest BCUT2D eigenvalue weighted by Crippen LogP contribution is -2.00. The van der Waals surface area contributed by atoms with Crippen LogP contribution in [0.3, 0.4) is 0 Å². The Morgan fingerprint density at radius 1 is 1.30 bits per heavy atom. The zero-order valence-electron chi connectivity index (χ0n) is 12.8. The maximum Gasteiger partial charge on any atom is 0.223 e. The summed E-state index contributed by atoms with van der Waals surface area (Å²) in [5.41, 5.74) is 3.83. The molecule has 20 heavy (non-hydrogen) atoms. The molecule has 4 heteroatoms. The molecular weight excluding hydrogens is 252 g/mol. The lowest BCUT2D eigenvalue weighted by molar-refractivity contribution is 0.274. The third kappa shape index (κ3) is 2.70. The minimum atomic E-state index is -0.0716. The van der Waals surface area contributed by atoms with Gasteiger partial charge in [-0.2, -0.15) is 5.10 Å². The molecule has 1 N–H and O–H groups in total. The molecule has 1 aromatic carbocycles. The summed E-state index contributed by atoms with van der Waals surface area (Å²) < 4.78 is 7.74. The summed E-state index contributed by atoms with van der Waals surface area (Å²) in [5.74, 6) is 1.81. The maximum atomic E-state index is 9.49. The normalized spacial score (nSPS) is 11.2. The summed E-state index contributed by atoms with van der Waals surface area (Å²) in [6.45, 7) is 8.12. The summed E-state index contributed by atoms with van der Waals surface area (Å²) in [6, 6.07) is 6.21. The van der Waals surface area contributed by atoms with E-state index in [0.29, 0.717) is 11.8 Å². The number of aliphatic hydroxyl groups excluding tert-OH is 1. The maximum absolute atomic E-state index is 9.49. The van der Waals surface area contributed by atoms with E-state index in [4.69, 9.17) is 4.74 Å². The van der Waals surface area contributed by atoms with E-state index >= 15 is 0 Å². The van der Waals surface area contributed by atoms with Gasteiger partial charge in [-0.05, 0) is 37.0 Å². The molecule has 0 radical (unpaired) electrons. The van der Waals surface area contributed by atoms with Crippen LogP contribution in [0, 0.1) is 13.8 Å². The van der Waals surface area contributed by atoms with Crippen molar-refractivity contribution >= 4 is 0 Å². The van der Waals surface area contributed by atoms with Gasteiger partial charge in [-0.3, -0.25) is 0 Å². The Balaban J connectivity index is 2.47. The second kappa shape index (κ2) is 5.67. The number of hydrogen-bond donors (Lipinski definition) is 1. The summed E-state index contributed by atoms with van der Waals surface area (Å²) in [5, 5.41) is 13.8. The van der Waals surface area contributed by atoms with Crippen LogP contribution in [-0.4, -0.2) is 14.9 Å². The third-order valence-corrected chi connectivity index (χ3v) is 3.44. The highest BCUT2D eigenvalue weighted by molar-refractivity contribution is 5.43. The van der Waals surface area contributed by atoms with E-state index in [1.165, 1.54) is 0 Å². The van der Waals surface area contributed by atoms with E-state index in [2.05, 4.69) is 31.1 Å². The van der Waals surface area contributed by atoms with Crippen molar-refractivity contribution in [2.45, 2.75) is 40.2 Å². The minimum absolute atomic E-state index is 0.0716. The van der Waals surface area contributed by atoms with Crippen molar-refractivity contribution in [1.29, 1.82) is 0 Å². The van der Waals surface area contributed by atoms with Gasteiger partial charge in [0, 0.05) is 7.05 Å². The predicted octanol–water partition coefficient (Wildman–Crippen LogP) is 3.44. The van der Waals surface area contributed by atoms with Crippen molar-refractivity contribution in [3.05, 3.63) is 40.6 Å². The van der Waals surface area contributed by atoms with Gasteiger partial charge in [0.05, 0.1) is 17.9 Å². The number of aliphatic hydroxyl groups is 1. The van der Waals surface area contributed by atoms with Crippen LogP contribution in [0.1, 0.15) is 42.1 Å². The Morgan fingerprint density at radius 3 is 2.60 bits per heavy atom. The van der Waals surface area contributed by atoms with E-state index in [1.54, 1.807) is 4.68 Å².